The topological polar surface area (TPSA) is 148 Å². The molecule has 0 spiro atoms. The number of nitrogens with two attached hydrogens (primary N) is 2. The van der Waals surface area contributed by atoms with E-state index in [0.717, 1.165) is 0 Å². The van der Waals surface area contributed by atoms with Crippen molar-refractivity contribution in [3.63, 3.8) is 0 Å². The first-order chi connectivity index (χ1) is 8.43. The third-order valence-corrected chi connectivity index (χ3v) is 3.07. The molecule has 0 bridgehead atoms. The standard InChI is InChI=1S/C10H18N4O4/c11-10(4-6-16)2-1-9(13-12,3-5-15)7-8(10)14(17)18/h1-2,7,13,15-16H,3-6,11-12H2. The molecule has 8 nitrogen and oxygen atoms in total. The molecule has 102 valence electrons. The van der Waals surface area contributed by atoms with Gasteiger partial charge in [-0.3, -0.25) is 16.0 Å². The predicted octanol–water partition coefficient (Wildman–Crippen LogP) is -1.62. The number of aliphatic hydroxyl groups excluding tert-OH is 2. The summed E-state index contributed by atoms with van der Waals surface area (Å²) in [5.74, 6) is 5.38. The monoisotopic (exact) mass is 258 g/mol. The molecule has 0 aliphatic heterocycles. The highest BCUT2D eigenvalue weighted by Crippen LogP contribution is 2.30. The van der Waals surface area contributed by atoms with E-state index in [4.69, 9.17) is 21.8 Å². The molecule has 18 heavy (non-hydrogen) atoms. The number of hydrazine groups is 1. The zero-order valence-electron chi connectivity index (χ0n) is 9.87. The largest absolute Gasteiger partial charge is 0.396 e. The Hall–Kier alpha value is -1.32. The molecule has 0 aromatic rings. The summed E-state index contributed by atoms with van der Waals surface area (Å²) in [6.07, 6.45) is 4.53. The fourth-order valence-corrected chi connectivity index (χ4v) is 1.93. The summed E-state index contributed by atoms with van der Waals surface area (Å²) in [7, 11) is 0. The van der Waals surface area contributed by atoms with E-state index in [0.29, 0.717) is 0 Å². The lowest BCUT2D eigenvalue weighted by molar-refractivity contribution is -0.434. The molecule has 0 radical (unpaired) electrons. The number of hydrogen-bond donors (Lipinski definition) is 5. The molecule has 1 aliphatic carbocycles. The van der Waals surface area contributed by atoms with Crippen LogP contribution in [0, 0.1) is 10.1 Å². The maximum Gasteiger partial charge on any atom is 0.268 e. The zero-order valence-corrected chi connectivity index (χ0v) is 9.87. The van der Waals surface area contributed by atoms with Gasteiger partial charge in [0.2, 0.25) is 0 Å². The highest BCUT2D eigenvalue weighted by molar-refractivity contribution is 5.36. The van der Waals surface area contributed by atoms with Crippen molar-refractivity contribution in [3.8, 4) is 0 Å². The Labute approximate surface area is 104 Å². The van der Waals surface area contributed by atoms with Crippen molar-refractivity contribution >= 4 is 0 Å². The van der Waals surface area contributed by atoms with E-state index >= 15 is 0 Å². The smallest absolute Gasteiger partial charge is 0.268 e. The summed E-state index contributed by atoms with van der Waals surface area (Å²) in [6, 6.07) is 0. The van der Waals surface area contributed by atoms with Gasteiger partial charge in [0, 0.05) is 25.7 Å². The van der Waals surface area contributed by atoms with Crippen molar-refractivity contribution < 1.29 is 15.1 Å². The molecule has 0 aromatic carbocycles. The van der Waals surface area contributed by atoms with Crippen molar-refractivity contribution in [3.05, 3.63) is 34.0 Å². The van der Waals surface area contributed by atoms with E-state index in [1.165, 1.54) is 12.2 Å². The molecule has 0 amide bonds. The molecule has 7 N–H and O–H groups in total. The van der Waals surface area contributed by atoms with Gasteiger partial charge in [-0.15, -0.1) is 0 Å². The zero-order chi connectivity index (χ0) is 13.8. The van der Waals surface area contributed by atoms with Gasteiger partial charge in [-0.05, 0) is 6.42 Å². The van der Waals surface area contributed by atoms with Gasteiger partial charge >= 0.3 is 0 Å². The first-order valence-electron chi connectivity index (χ1n) is 5.49. The Balaban J connectivity index is 3.17. The fraction of sp³-hybridized carbons (Fsp3) is 0.600. The van der Waals surface area contributed by atoms with E-state index in [2.05, 4.69) is 5.43 Å². The van der Waals surface area contributed by atoms with Crippen LogP contribution in [0.2, 0.25) is 0 Å². The maximum atomic E-state index is 11.1. The first-order valence-corrected chi connectivity index (χ1v) is 5.49. The molecule has 0 saturated heterocycles. The van der Waals surface area contributed by atoms with Gasteiger partial charge in [-0.1, -0.05) is 12.2 Å². The SMILES string of the molecule is NNC1(CCO)C=CC(N)(CCO)C([N+](=O)[O-])=C1. The Morgan fingerprint density at radius 2 is 1.94 bits per heavy atom. The molecule has 0 saturated carbocycles. The van der Waals surface area contributed by atoms with Gasteiger partial charge in [0.15, 0.2) is 0 Å². The minimum Gasteiger partial charge on any atom is -0.396 e. The second kappa shape index (κ2) is 5.55. The second-order valence-electron chi connectivity index (χ2n) is 4.29. The number of nitrogens with one attached hydrogen (secondary N) is 1. The van der Waals surface area contributed by atoms with Crippen LogP contribution in [-0.4, -0.2) is 39.4 Å². The Morgan fingerprint density at radius 1 is 1.33 bits per heavy atom. The van der Waals surface area contributed by atoms with Crippen LogP contribution in [0.3, 0.4) is 0 Å². The van der Waals surface area contributed by atoms with E-state index in [1.54, 1.807) is 6.08 Å². The van der Waals surface area contributed by atoms with Crippen LogP contribution in [0.25, 0.3) is 0 Å². The van der Waals surface area contributed by atoms with Gasteiger partial charge in [0.1, 0.15) is 5.54 Å². The minimum absolute atomic E-state index is 0.0378. The van der Waals surface area contributed by atoms with Crippen LogP contribution < -0.4 is 17.0 Å². The number of hydrogen-bond acceptors (Lipinski definition) is 7. The molecule has 2 unspecified atom stereocenters. The Morgan fingerprint density at radius 3 is 2.39 bits per heavy atom. The summed E-state index contributed by atoms with van der Waals surface area (Å²) >= 11 is 0. The van der Waals surface area contributed by atoms with Gasteiger partial charge in [0.25, 0.3) is 5.70 Å². The number of nitrogens with zero attached hydrogens (tertiary/aromatic N) is 1. The average molecular weight is 258 g/mol. The van der Waals surface area contributed by atoms with Crippen molar-refractivity contribution in [2.75, 3.05) is 13.2 Å². The molecule has 0 heterocycles. The molecule has 8 heteroatoms. The Kier molecular flexibility index (Phi) is 4.54. The fourth-order valence-electron chi connectivity index (χ4n) is 1.93. The highest BCUT2D eigenvalue weighted by Gasteiger charge is 2.43. The van der Waals surface area contributed by atoms with Gasteiger partial charge in [-0.2, -0.15) is 0 Å². The third-order valence-electron chi connectivity index (χ3n) is 3.07. The summed E-state index contributed by atoms with van der Waals surface area (Å²) in [4.78, 5) is 10.5. The minimum atomic E-state index is -1.33. The highest BCUT2D eigenvalue weighted by atomic mass is 16.6. The van der Waals surface area contributed by atoms with Crippen LogP contribution in [0.15, 0.2) is 23.9 Å². The lowest BCUT2D eigenvalue weighted by atomic mass is 9.80. The van der Waals surface area contributed by atoms with E-state index in [9.17, 15) is 10.1 Å². The van der Waals surface area contributed by atoms with Crippen molar-refractivity contribution in [1.82, 2.24) is 5.43 Å². The van der Waals surface area contributed by atoms with Crippen molar-refractivity contribution in [2.45, 2.75) is 23.9 Å². The molecular weight excluding hydrogens is 240 g/mol. The third kappa shape index (κ3) is 2.74. The van der Waals surface area contributed by atoms with Gasteiger partial charge in [0.05, 0.1) is 10.5 Å². The molecule has 0 fully saturated rings. The van der Waals surface area contributed by atoms with Crippen molar-refractivity contribution in [1.29, 1.82) is 0 Å². The summed E-state index contributed by atoms with van der Waals surface area (Å²) in [5.41, 5.74) is 5.78. The van der Waals surface area contributed by atoms with E-state index < -0.39 is 16.0 Å². The normalized spacial score (nSPS) is 31.2. The van der Waals surface area contributed by atoms with Crippen LogP contribution in [-0.2, 0) is 0 Å². The maximum absolute atomic E-state index is 11.1. The Bertz CT molecular complexity index is 384. The number of nitro groups is 1. The number of rotatable bonds is 6. The van der Waals surface area contributed by atoms with E-state index in [-0.39, 0.29) is 31.8 Å². The summed E-state index contributed by atoms with van der Waals surface area (Å²) in [6.45, 7) is -0.456. The number of aliphatic hydroxyl groups is 2. The second-order valence-corrected chi connectivity index (χ2v) is 4.29. The quantitative estimate of drug-likeness (QED) is 0.166. The van der Waals surface area contributed by atoms with Crippen LogP contribution in [0.5, 0.6) is 0 Å². The van der Waals surface area contributed by atoms with Crippen LogP contribution >= 0.6 is 0 Å². The molecule has 2 atom stereocenters. The lowest BCUT2D eigenvalue weighted by Gasteiger charge is -2.33. The molecule has 1 aliphatic rings. The van der Waals surface area contributed by atoms with Crippen LogP contribution in [0.1, 0.15) is 12.8 Å². The molecule has 1 rings (SSSR count). The van der Waals surface area contributed by atoms with Crippen molar-refractivity contribution in [2.24, 2.45) is 11.6 Å². The van der Waals surface area contributed by atoms with E-state index in [1.807, 2.05) is 0 Å². The molecular formula is C10H18N4O4. The van der Waals surface area contributed by atoms with Crippen LogP contribution in [0.4, 0.5) is 0 Å². The predicted molar refractivity (Wildman–Crippen MR) is 64.6 cm³/mol. The average Bonchev–Trinajstić information content (AvgIpc) is 2.32. The lowest BCUT2D eigenvalue weighted by Crippen LogP contribution is -2.54. The summed E-state index contributed by atoms with van der Waals surface area (Å²) < 4.78 is 0. The molecule has 0 aromatic heterocycles. The first kappa shape index (κ1) is 14.7. The van der Waals surface area contributed by atoms with Gasteiger partial charge < -0.3 is 15.9 Å². The van der Waals surface area contributed by atoms with Gasteiger partial charge in [-0.25, -0.2) is 5.43 Å². The summed E-state index contributed by atoms with van der Waals surface area (Å²) in [5, 5.41) is 29.0.